The molecular weight excluding hydrogens is 342 g/mol. The Kier molecular flexibility index (Phi) is 5.34. The summed E-state index contributed by atoms with van der Waals surface area (Å²) < 4.78 is 16.8. The Morgan fingerprint density at radius 1 is 1.16 bits per heavy atom. The van der Waals surface area contributed by atoms with Crippen LogP contribution in [0.3, 0.4) is 0 Å². The van der Waals surface area contributed by atoms with E-state index >= 15 is 0 Å². The second-order valence-electron chi connectivity index (χ2n) is 5.94. The highest BCUT2D eigenvalue weighted by molar-refractivity contribution is 6.34. The first-order chi connectivity index (χ1) is 12.0. The van der Waals surface area contributed by atoms with Crippen molar-refractivity contribution in [1.82, 2.24) is 0 Å². The van der Waals surface area contributed by atoms with Crippen LogP contribution >= 0.6 is 11.6 Å². The van der Waals surface area contributed by atoms with Crippen LogP contribution in [0.2, 0.25) is 5.02 Å². The van der Waals surface area contributed by atoms with Crippen molar-refractivity contribution >= 4 is 23.2 Å². The first kappa shape index (κ1) is 17.4. The van der Waals surface area contributed by atoms with Crippen LogP contribution in [0.5, 0.6) is 17.2 Å². The predicted molar refractivity (Wildman–Crippen MR) is 97.1 cm³/mol. The monoisotopic (exact) mass is 361 g/mol. The fourth-order valence-corrected chi connectivity index (χ4v) is 2.77. The van der Waals surface area contributed by atoms with Gasteiger partial charge in [0.1, 0.15) is 5.75 Å². The van der Waals surface area contributed by atoms with E-state index in [1.807, 2.05) is 32.0 Å². The highest BCUT2D eigenvalue weighted by atomic mass is 35.5. The zero-order chi connectivity index (χ0) is 17.8. The molecule has 1 amide bonds. The summed E-state index contributed by atoms with van der Waals surface area (Å²) in [6.45, 7) is 5.00. The van der Waals surface area contributed by atoms with E-state index in [4.69, 9.17) is 25.8 Å². The van der Waals surface area contributed by atoms with Crippen LogP contribution in [0.4, 0.5) is 5.69 Å². The smallest absolute Gasteiger partial charge is 0.262 e. The first-order valence-electron chi connectivity index (χ1n) is 8.12. The minimum absolute atomic E-state index is 0.103. The Labute approximate surface area is 151 Å². The number of carbonyl (C=O) groups is 1. The molecule has 0 saturated heterocycles. The number of hydrogen-bond donors (Lipinski definition) is 1. The Hall–Kier alpha value is -2.40. The number of amides is 1. The van der Waals surface area contributed by atoms with E-state index in [1.165, 1.54) is 0 Å². The summed E-state index contributed by atoms with van der Waals surface area (Å²) in [5.41, 5.74) is 2.61. The standard InChI is InChI=1S/C19H20ClNO4/c1-12-4-5-16(13(2)8-12)25-11-19(22)21-15-10-18-17(9-14(15)20)23-6-3-7-24-18/h4-5,8-10H,3,6-7,11H2,1-2H3,(H,21,22). The van der Waals surface area contributed by atoms with Gasteiger partial charge in [-0.3, -0.25) is 4.79 Å². The van der Waals surface area contributed by atoms with Gasteiger partial charge in [-0.15, -0.1) is 0 Å². The van der Waals surface area contributed by atoms with Gasteiger partial charge in [-0.2, -0.15) is 0 Å². The number of halogens is 1. The molecular formula is C19H20ClNO4. The van der Waals surface area contributed by atoms with Gasteiger partial charge in [0.15, 0.2) is 18.1 Å². The number of benzene rings is 2. The fourth-order valence-electron chi connectivity index (χ4n) is 2.57. The van der Waals surface area contributed by atoms with Gasteiger partial charge in [0, 0.05) is 18.6 Å². The first-order valence-corrected chi connectivity index (χ1v) is 8.50. The maximum Gasteiger partial charge on any atom is 0.262 e. The van der Waals surface area contributed by atoms with Crippen molar-refractivity contribution in [3.8, 4) is 17.2 Å². The molecule has 0 radical (unpaired) electrons. The summed E-state index contributed by atoms with van der Waals surface area (Å²) in [4.78, 5) is 12.2. The van der Waals surface area contributed by atoms with E-state index < -0.39 is 0 Å². The molecule has 5 nitrogen and oxygen atoms in total. The topological polar surface area (TPSA) is 56.8 Å². The molecule has 2 aromatic rings. The second kappa shape index (κ2) is 7.66. The zero-order valence-corrected chi connectivity index (χ0v) is 15.0. The second-order valence-corrected chi connectivity index (χ2v) is 6.34. The molecule has 0 aromatic heterocycles. The Bertz CT molecular complexity index is 791. The van der Waals surface area contributed by atoms with Gasteiger partial charge < -0.3 is 19.5 Å². The van der Waals surface area contributed by atoms with Gasteiger partial charge in [-0.25, -0.2) is 0 Å². The van der Waals surface area contributed by atoms with Crippen molar-refractivity contribution in [2.24, 2.45) is 0 Å². The van der Waals surface area contributed by atoms with Gasteiger partial charge in [-0.1, -0.05) is 29.3 Å². The maximum absolute atomic E-state index is 12.2. The molecule has 1 aliphatic heterocycles. The van der Waals surface area contributed by atoms with Crippen molar-refractivity contribution in [2.75, 3.05) is 25.1 Å². The molecule has 0 atom stereocenters. The highest BCUT2D eigenvalue weighted by Crippen LogP contribution is 2.37. The lowest BCUT2D eigenvalue weighted by molar-refractivity contribution is -0.118. The van der Waals surface area contributed by atoms with Crippen molar-refractivity contribution in [2.45, 2.75) is 20.3 Å². The molecule has 0 fully saturated rings. The summed E-state index contributed by atoms with van der Waals surface area (Å²) >= 11 is 6.23. The molecule has 1 heterocycles. The zero-order valence-electron chi connectivity index (χ0n) is 14.2. The summed E-state index contributed by atoms with van der Waals surface area (Å²) in [6.07, 6.45) is 0.803. The quantitative estimate of drug-likeness (QED) is 0.889. The van der Waals surface area contributed by atoms with E-state index in [-0.39, 0.29) is 12.5 Å². The van der Waals surface area contributed by atoms with E-state index in [9.17, 15) is 4.79 Å². The number of hydrogen-bond acceptors (Lipinski definition) is 4. The lowest BCUT2D eigenvalue weighted by Gasteiger charge is -2.13. The third-order valence-electron chi connectivity index (χ3n) is 3.80. The SMILES string of the molecule is Cc1ccc(OCC(=O)Nc2cc3c(cc2Cl)OCCCO3)c(C)c1. The average Bonchev–Trinajstić information content (AvgIpc) is 2.79. The minimum atomic E-state index is -0.295. The largest absolute Gasteiger partial charge is 0.490 e. The van der Waals surface area contributed by atoms with E-state index in [2.05, 4.69) is 5.32 Å². The molecule has 1 N–H and O–H groups in total. The summed E-state index contributed by atoms with van der Waals surface area (Å²) in [7, 11) is 0. The molecule has 0 bridgehead atoms. The Morgan fingerprint density at radius 3 is 2.60 bits per heavy atom. The normalized spacial score (nSPS) is 13.1. The van der Waals surface area contributed by atoms with E-state index in [0.29, 0.717) is 41.2 Å². The predicted octanol–water partition coefficient (Wildman–Crippen LogP) is 4.14. The molecule has 0 unspecified atom stereocenters. The fraction of sp³-hybridized carbons (Fsp3) is 0.316. The van der Waals surface area contributed by atoms with E-state index in [1.54, 1.807) is 12.1 Å². The minimum Gasteiger partial charge on any atom is -0.490 e. The maximum atomic E-state index is 12.2. The van der Waals surface area contributed by atoms with Crippen LogP contribution in [0.1, 0.15) is 17.5 Å². The molecule has 0 spiro atoms. The van der Waals surface area contributed by atoms with Gasteiger partial charge in [0.05, 0.1) is 23.9 Å². The summed E-state index contributed by atoms with van der Waals surface area (Å²) in [6, 6.07) is 9.15. The number of ether oxygens (including phenoxy) is 3. The third-order valence-corrected chi connectivity index (χ3v) is 4.11. The number of rotatable bonds is 4. The summed E-state index contributed by atoms with van der Waals surface area (Å²) in [5.74, 6) is 1.56. The van der Waals surface area contributed by atoms with E-state index in [0.717, 1.165) is 17.5 Å². The van der Waals surface area contributed by atoms with Crippen molar-refractivity contribution in [3.63, 3.8) is 0 Å². The number of aryl methyl sites for hydroxylation is 2. The van der Waals surface area contributed by atoms with Gasteiger partial charge >= 0.3 is 0 Å². The highest BCUT2D eigenvalue weighted by Gasteiger charge is 2.16. The molecule has 0 saturated carbocycles. The van der Waals surface area contributed by atoms with Crippen molar-refractivity contribution in [3.05, 3.63) is 46.5 Å². The summed E-state index contributed by atoms with van der Waals surface area (Å²) in [5, 5.41) is 3.14. The molecule has 25 heavy (non-hydrogen) atoms. The Balaban J connectivity index is 1.65. The number of nitrogens with one attached hydrogen (secondary N) is 1. The van der Waals surface area contributed by atoms with Crippen molar-refractivity contribution < 1.29 is 19.0 Å². The Morgan fingerprint density at radius 2 is 1.88 bits per heavy atom. The van der Waals surface area contributed by atoms with Crippen LogP contribution in [0.25, 0.3) is 0 Å². The molecule has 3 rings (SSSR count). The lowest BCUT2D eigenvalue weighted by atomic mass is 10.1. The van der Waals surface area contributed by atoms with Crippen LogP contribution in [0, 0.1) is 13.8 Å². The van der Waals surface area contributed by atoms with Crippen molar-refractivity contribution in [1.29, 1.82) is 0 Å². The lowest BCUT2D eigenvalue weighted by Crippen LogP contribution is -2.20. The average molecular weight is 362 g/mol. The molecule has 0 aliphatic carbocycles. The number of carbonyl (C=O) groups excluding carboxylic acids is 1. The molecule has 2 aromatic carbocycles. The third kappa shape index (κ3) is 4.37. The van der Waals surface area contributed by atoms with Gasteiger partial charge in [-0.05, 0) is 25.5 Å². The van der Waals surface area contributed by atoms with Crippen LogP contribution in [-0.4, -0.2) is 25.7 Å². The van der Waals surface area contributed by atoms with Crippen LogP contribution < -0.4 is 19.5 Å². The molecule has 6 heteroatoms. The molecule has 1 aliphatic rings. The molecule has 132 valence electrons. The number of anilines is 1. The van der Waals surface area contributed by atoms with Crippen LogP contribution in [-0.2, 0) is 4.79 Å². The van der Waals surface area contributed by atoms with Gasteiger partial charge in [0.2, 0.25) is 0 Å². The van der Waals surface area contributed by atoms with Gasteiger partial charge in [0.25, 0.3) is 5.91 Å². The van der Waals surface area contributed by atoms with Crippen LogP contribution in [0.15, 0.2) is 30.3 Å². The number of fused-ring (bicyclic) bond motifs is 1.